The molecule has 152 valence electrons. The summed E-state index contributed by atoms with van der Waals surface area (Å²) in [6.45, 7) is 5.86. The van der Waals surface area contributed by atoms with Gasteiger partial charge in [-0.2, -0.15) is 0 Å². The van der Waals surface area contributed by atoms with Crippen LogP contribution >= 0.6 is 0 Å². The normalized spacial score (nSPS) is 18.8. The largest absolute Gasteiger partial charge is 0.334 e. The predicted octanol–water partition coefficient (Wildman–Crippen LogP) is 3.28. The van der Waals surface area contributed by atoms with Crippen molar-refractivity contribution in [3.8, 4) is 0 Å². The molecule has 1 aliphatic heterocycles. The van der Waals surface area contributed by atoms with Crippen molar-refractivity contribution < 1.29 is 14.4 Å². The number of urea groups is 1. The predicted molar refractivity (Wildman–Crippen MR) is 111 cm³/mol. The van der Waals surface area contributed by atoms with Crippen LogP contribution in [0.2, 0.25) is 0 Å². The van der Waals surface area contributed by atoms with Crippen LogP contribution in [-0.2, 0) is 21.7 Å². The van der Waals surface area contributed by atoms with E-state index in [-0.39, 0.29) is 24.4 Å². The Bertz CT molecular complexity index is 883. The van der Waals surface area contributed by atoms with Crippen molar-refractivity contribution in [2.75, 3.05) is 6.54 Å². The lowest BCUT2D eigenvalue weighted by molar-refractivity contribution is -0.140. The number of nitrogens with one attached hydrogen (secondary N) is 1. The molecular weight excluding hydrogens is 366 g/mol. The van der Waals surface area contributed by atoms with Gasteiger partial charge in [0.2, 0.25) is 5.91 Å². The summed E-state index contributed by atoms with van der Waals surface area (Å²) in [7, 11) is 0. The van der Waals surface area contributed by atoms with E-state index in [0.29, 0.717) is 13.0 Å². The minimum Gasteiger partial charge on any atom is -0.334 e. The highest BCUT2D eigenvalue weighted by atomic mass is 16.2. The highest BCUT2D eigenvalue weighted by molar-refractivity contribution is 6.09. The molecule has 0 unspecified atom stereocenters. The van der Waals surface area contributed by atoms with Gasteiger partial charge in [0.1, 0.15) is 12.1 Å². The fourth-order valence-corrected chi connectivity index (χ4v) is 3.70. The minimum atomic E-state index is -1.12. The first-order chi connectivity index (χ1) is 13.9. The van der Waals surface area contributed by atoms with Crippen LogP contribution in [0.3, 0.4) is 0 Å². The first-order valence-corrected chi connectivity index (χ1v) is 9.92. The van der Waals surface area contributed by atoms with Crippen LogP contribution in [0, 0.1) is 0 Å². The quantitative estimate of drug-likeness (QED) is 0.734. The maximum atomic E-state index is 13.2. The summed E-state index contributed by atoms with van der Waals surface area (Å²) in [6.07, 6.45) is 0.407. The SMILES string of the molecule is CC[C@]1(c2ccccc2)NC(=O)N(CC(=O)N(Cc2ccccc2)C(C)C)C1=O. The van der Waals surface area contributed by atoms with Crippen LogP contribution in [-0.4, -0.2) is 40.2 Å². The molecular formula is C23H27N3O3. The molecule has 6 nitrogen and oxygen atoms in total. The summed E-state index contributed by atoms with van der Waals surface area (Å²) >= 11 is 0. The third-order valence-electron chi connectivity index (χ3n) is 5.41. The number of carbonyl (C=O) groups is 3. The van der Waals surface area contributed by atoms with Crippen molar-refractivity contribution in [1.29, 1.82) is 0 Å². The van der Waals surface area contributed by atoms with Gasteiger partial charge in [0.25, 0.3) is 5.91 Å². The zero-order valence-electron chi connectivity index (χ0n) is 17.1. The monoisotopic (exact) mass is 393 g/mol. The molecule has 1 heterocycles. The van der Waals surface area contributed by atoms with Crippen LogP contribution in [0.1, 0.15) is 38.3 Å². The molecule has 0 saturated carbocycles. The van der Waals surface area contributed by atoms with Crippen LogP contribution in [0.25, 0.3) is 0 Å². The topological polar surface area (TPSA) is 69.7 Å². The molecule has 2 aromatic rings. The first kappa shape index (κ1) is 20.6. The molecule has 1 N–H and O–H groups in total. The van der Waals surface area contributed by atoms with Gasteiger partial charge in [0, 0.05) is 12.6 Å². The van der Waals surface area contributed by atoms with E-state index in [1.54, 1.807) is 4.90 Å². The lowest BCUT2D eigenvalue weighted by Gasteiger charge is -2.29. The minimum absolute atomic E-state index is 0.0615. The van der Waals surface area contributed by atoms with Gasteiger partial charge in [-0.3, -0.25) is 14.5 Å². The highest BCUT2D eigenvalue weighted by Crippen LogP contribution is 2.32. The second-order valence-electron chi connectivity index (χ2n) is 7.55. The number of amides is 4. The summed E-state index contributed by atoms with van der Waals surface area (Å²) < 4.78 is 0. The Kier molecular flexibility index (Phi) is 6.01. The van der Waals surface area contributed by atoms with Crippen molar-refractivity contribution in [1.82, 2.24) is 15.1 Å². The third kappa shape index (κ3) is 4.01. The first-order valence-electron chi connectivity index (χ1n) is 9.92. The van der Waals surface area contributed by atoms with Gasteiger partial charge in [-0.25, -0.2) is 4.79 Å². The van der Waals surface area contributed by atoms with Gasteiger partial charge in [-0.15, -0.1) is 0 Å². The Hall–Kier alpha value is -3.15. The van der Waals surface area contributed by atoms with Crippen molar-refractivity contribution in [3.05, 3.63) is 71.8 Å². The molecule has 4 amide bonds. The molecule has 1 fully saturated rings. The number of hydrogen-bond donors (Lipinski definition) is 1. The zero-order valence-corrected chi connectivity index (χ0v) is 17.1. The van der Waals surface area contributed by atoms with E-state index in [0.717, 1.165) is 16.0 Å². The molecule has 0 spiro atoms. The maximum absolute atomic E-state index is 13.2. The molecule has 1 saturated heterocycles. The van der Waals surface area contributed by atoms with Crippen molar-refractivity contribution in [3.63, 3.8) is 0 Å². The van der Waals surface area contributed by atoms with Crippen molar-refractivity contribution >= 4 is 17.8 Å². The highest BCUT2D eigenvalue weighted by Gasteiger charge is 2.51. The molecule has 2 aromatic carbocycles. The molecule has 3 rings (SSSR count). The number of nitrogens with zero attached hydrogens (tertiary/aromatic N) is 2. The van der Waals surface area contributed by atoms with E-state index in [2.05, 4.69) is 5.32 Å². The average molecular weight is 393 g/mol. The molecule has 6 heteroatoms. The fourth-order valence-electron chi connectivity index (χ4n) is 3.70. The van der Waals surface area contributed by atoms with Crippen LogP contribution in [0.4, 0.5) is 4.79 Å². The lowest BCUT2D eigenvalue weighted by Crippen LogP contribution is -2.46. The van der Waals surface area contributed by atoms with Crippen LogP contribution in [0.5, 0.6) is 0 Å². The van der Waals surface area contributed by atoms with Gasteiger partial charge in [0.05, 0.1) is 0 Å². The van der Waals surface area contributed by atoms with E-state index >= 15 is 0 Å². The van der Waals surface area contributed by atoms with Gasteiger partial charge < -0.3 is 10.2 Å². The molecule has 0 bridgehead atoms. The Morgan fingerprint density at radius 1 is 1.03 bits per heavy atom. The standard InChI is InChI=1S/C23H27N3O3/c1-4-23(19-13-9-6-10-14-19)21(28)26(22(29)24-23)16-20(27)25(17(2)3)15-18-11-7-5-8-12-18/h5-14,17H,4,15-16H2,1-3H3,(H,24,29)/t23-/m1/s1. The van der Waals surface area contributed by atoms with E-state index in [4.69, 9.17) is 0 Å². The van der Waals surface area contributed by atoms with Gasteiger partial charge in [-0.1, -0.05) is 67.6 Å². The second kappa shape index (κ2) is 8.47. The van der Waals surface area contributed by atoms with Crippen molar-refractivity contribution in [2.24, 2.45) is 0 Å². The summed E-state index contributed by atoms with van der Waals surface area (Å²) in [5.74, 6) is -0.639. The number of rotatable bonds is 7. The summed E-state index contributed by atoms with van der Waals surface area (Å²) in [4.78, 5) is 41.6. The number of carbonyl (C=O) groups excluding carboxylic acids is 3. The Balaban J connectivity index is 1.80. The Labute approximate surface area is 171 Å². The van der Waals surface area contributed by atoms with Gasteiger partial charge in [0.15, 0.2) is 0 Å². The number of imide groups is 1. The lowest BCUT2D eigenvalue weighted by atomic mass is 9.87. The molecule has 29 heavy (non-hydrogen) atoms. The van der Waals surface area contributed by atoms with E-state index < -0.39 is 11.6 Å². The molecule has 0 radical (unpaired) electrons. The molecule has 1 atom stereocenters. The van der Waals surface area contributed by atoms with Crippen molar-refractivity contribution in [2.45, 2.75) is 45.3 Å². The Morgan fingerprint density at radius 2 is 1.62 bits per heavy atom. The smallest absolute Gasteiger partial charge is 0.325 e. The maximum Gasteiger partial charge on any atom is 0.325 e. The summed E-state index contributed by atoms with van der Waals surface area (Å²) in [5.41, 5.74) is 0.598. The number of hydrogen-bond acceptors (Lipinski definition) is 3. The van der Waals surface area contributed by atoms with E-state index in [1.165, 1.54) is 0 Å². The van der Waals surface area contributed by atoms with Gasteiger partial charge in [-0.05, 0) is 31.4 Å². The van der Waals surface area contributed by atoms with Crippen LogP contribution < -0.4 is 5.32 Å². The molecule has 1 aliphatic rings. The van der Waals surface area contributed by atoms with E-state index in [1.807, 2.05) is 81.4 Å². The van der Waals surface area contributed by atoms with Crippen LogP contribution in [0.15, 0.2) is 60.7 Å². The summed E-state index contributed by atoms with van der Waals surface area (Å²) in [6, 6.07) is 18.3. The third-order valence-corrected chi connectivity index (χ3v) is 5.41. The number of benzene rings is 2. The Morgan fingerprint density at radius 3 is 2.17 bits per heavy atom. The zero-order chi connectivity index (χ0) is 21.0. The summed E-state index contributed by atoms with van der Waals surface area (Å²) in [5, 5.41) is 2.82. The molecule has 0 aliphatic carbocycles. The second-order valence-corrected chi connectivity index (χ2v) is 7.55. The molecule has 0 aromatic heterocycles. The average Bonchev–Trinajstić information content (AvgIpc) is 2.98. The van der Waals surface area contributed by atoms with Gasteiger partial charge >= 0.3 is 6.03 Å². The fraction of sp³-hybridized carbons (Fsp3) is 0.348. The van der Waals surface area contributed by atoms with E-state index in [9.17, 15) is 14.4 Å².